The predicted molar refractivity (Wildman–Crippen MR) is 85.8 cm³/mol. The highest BCUT2D eigenvalue weighted by Gasteiger charge is 2.25. The van der Waals surface area contributed by atoms with E-state index in [9.17, 15) is 12.8 Å². The Kier molecular flexibility index (Phi) is 5.58. The molecule has 6 heteroatoms. The Morgan fingerprint density at radius 3 is 2.82 bits per heavy atom. The fourth-order valence-corrected chi connectivity index (χ4v) is 4.44. The van der Waals surface area contributed by atoms with Gasteiger partial charge in [0.1, 0.15) is 5.82 Å². The Morgan fingerprint density at radius 2 is 2.14 bits per heavy atom. The normalized spacial score (nSPS) is 21.7. The monoisotopic (exact) mass is 328 g/mol. The molecule has 2 rings (SSSR count). The van der Waals surface area contributed by atoms with Gasteiger partial charge in [0.15, 0.2) is 0 Å². The van der Waals surface area contributed by atoms with E-state index in [2.05, 4.69) is 16.5 Å². The second-order valence-corrected chi connectivity index (χ2v) is 7.93. The summed E-state index contributed by atoms with van der Waals surface area (Å²) < 4.78 is 40.7. The van der Waals surface area contributed by atoms with Gasteiger partial charge in [-0.3, -0.25) is 4.90 Å². The van der Waals surface area contributed by atoms with Gasteiger partial charge in [0.2, 0.25) is 10.0 Å². The van der Waals surface area contributed by atoms with Gasteiger partial charge < -0.3 is 0 Å². The number of sulfonamides is 1. The average molecular weight is 328 g/mol. The predicted octanol–water partition coefficient (Wildman–Crippen LogP) is 2.68. The SMILES string of the molecule is Cc1ccc(F)cc1S(=O)(=O)NC[C@@H](C)N1CCCC[C@@H]1C. The molecule has 1 aromatic carbocycles. The zero-order valence-corrected chi connectivity index (χ0v) is 14.3. The molecule has 0 spiro atoms. The maximum absolute atomic E-state index is 13.3. The molecule has 1 aliphatic rings. The van der Waals surface area contributed by atoms with Crippen LogP contribution in [0.3, 0.4) is 0 Å². The van der Waals surface area contributed by atoms with E-state index in [1.54, 1.807) is 6.92 Å². The number of halogens is 1. The number of likely N-dealkylation sites (tertiary alicyclic amines) is 1. The molecule has 124 valence electrons. The van der Waals surface area contributed by atoms with Crippen molar-refractivity contribution < 1.29 is 12.8 Å². The van der Waals surface area contributed by atoms with Crippen LogP contribution in [0.4, 0.5) is 4.39 Å². The van der Waals surface area contributed by atoms with Gasteiger partial charge in [-0.2, -0.15) is 0 Å². The summed E-state index contributed by atoms with van der Waals surface area (Å²) in [6.07, 6.45) is 3.54. The molecule has 4 nitrogen and oxygen atoms in total. The van der Waals surface area contributed by atoms with Gasteiger partial charge in [0, 0.05) is 18.6 Å². The minimum absolute atomic E-state index is 0.0198. The summed E-state index contributed by atoms with van der Waals surface area (Å²) >= 11 is 0. The molecular weight excluding hydrogens is 303 g/mol. The first kappa shape index (κ1) is 17.4. The van der Waals surface area contributed by atoms with E-state index in [1.807, 2.05) is 6.92 Å². The molecule has 1 fully saturated rings. The molecule has 1 N–H and O–H groups in total. The van der Waals surface area contributed by atoms with Crippen LogP contribution in [0, 0.1) is 12.7 Å². The van der Waals surface area contributed by atoms with E-state index in [-0.39, 0.29) is 10.9 Å². The Balaban J connectivity index is 2.04. The molecule has 0 aromatic heterocycles. The molecule has 0 amide bonds. The minimum Gasteiger partial charge on any atom is -0.297 e. The van der Waals surface area contributed by atoms with Gasteiger partial charge in [0.05, 0.1) is 4.90 Å². The van der Waals surface area contributed by atoms with Crippen molar-refractivity contribution in [2.45, 2.75) is 57.0 Å². The number of benzene rings is 1. The highest BCUT2D eigenvalue weighted by Crippen LogP contribution is 2.20. The number of nitrogens with one attached hydrogen (secondary N) is 1. The van der Waals surface area contributed by atoms with Crippen molar-refractivity contribution in [3.8, 4) is 0 Å². The lowest BCUT2D eigenvalue weighted by molar-refractivity contribution is 0.116. The Hall–Kier alpha value is -0.980. The minimum atomic E-state index is -3.68. The van der Waals surface area contributed by atoms with Crippen molar-refractivity contribution in [2.75, 3.05) is 13.1 Å². The molecular formula is C16H25FN2O2S. The summed E-state index contributed by atoms with van der Waals surface area (Å²) in [5.74, 6) is -0.538. The van der Waals surface area contributed by atoms with E-state index in [0.29, 0.717) is 18.2 Å². The Morgan fingerprint density at radius 1 is 1.41 bits per heavy atom. The first-order valence-corrected chi connectivity index (χ1v) is 9.31. The van der Waals surface area contributed by atoms with E-state index < -0.39 is 15.8 Å². The fraction of sp³-hybridized carbons (Fsp3) is 0.625. The molecule has 2 atom stereocenters. The third kappa shape index (κ3) is 4.06. The van der Waals surface area contributed by atoms with Crippen LogP contribution in [-0.2, 0) is 10.0 Å². The molecule has 0 saturated carbocycles. The van der Waals surface area contributed by atoms with Crippen LogP contribution in [0.5, 0.6) is 0 Å². The zero-order chi connectivity index (χ0) is 16.3. The lowest BCUT2D eigenvalue weighted by Gasteiger charge is -2.38. The molecule has 0 aliphatic carbocycles. The first-order valence-electron chi connectivity index (χ1n) is 7.83. The van der Waals surface area contributed by atoms with Crippen molar-refractivity contribution in [1.82, 2.24) is 9.62 Å². The van der Waals surface area contributed by atoms with Gasteiger partial charge in [-0.05, 0) is 57.9 Å². The second kappa shape index (κ2) is 7.06. The smallest absolute Gasteiger partial charge is 0.240 e. The van der Waals surface area contributed by atoms with Crippen LogP contribution in [-0.4, -0.2) is 38.5 Å². The summed E-state index contributed by atoms with van der Waals surface area (Å²) in [7, 11) is -3.68. The van der Waals surface area contributed by atoms with Crippen molar-refractivity contribution in [3.63, 3.8) is 0 Å². The number of hydrogen-bond acceptors (Lipinski definition) is 3. The lowest BCUT2D eigenvalue weighted by atomic mass is 10.0. The molecule has 22 heavy (non-hydrogen) atoms. The van der Waals surface area contributed by atoms with Crippen LogP contribution < -0.4 is 4.72 Å². The van der Waals surface area contributed by atoms with E-state index in [0.717, 1.165) is 25.5 Å². The van der Waals surface area contributed by atoms with Crippen molar-refractivity contribution in [1.29, 1.82) is 0 Å². The van der Waals surface area contributed by atoms with E-state index in [4.69, 9.17) is 0 Å². The van der Waals surface area contributed by atoms with Crippen molar-refractivity contribution in [3.05, 3.63) is 29.6 Å². The summed E-state index contributed by atoms with van der Waals surface area (Å²) in [5, 5.41) is 0. The summed E-state index contributed by atoms with van der Waals surface area (Å²) in [5.41, 5.74) is 0.549. The van der Waals surface area contributed by atoms with E-state index >= 15 is 0 Å². The molecule has 0 unspecified atom stereocenters. The number of rotatable bonds is 5. The largest absolute Gasteiger partial charge is 0.297 e. The topological polar surface area (TPSA) is 49.4 Å². The van der Waals surface area contributed by atoms with E-state index in [1.165, 1.54) is 18.6 Å². The molecule has 1 heterocycles. The fourth-order valence-electron chi connectivity index (χ4n) is 3.06. The standard InChI is InChI=1S/C16H25FN2O2S/c1-12-7-8-15(17)10-16(12)22(20,21)18-11-14(3)19-9-5-4-6-13(19)2/h7-8,10,13-14,18H,4-6,9,11H2,1-3H3/t13-,14+/m0/s1. The maximum Gasteiger partial charge on any atom is 0.240 e. The Bertz CT molecular complexity index is 619. The maximum atomic E-state index is 13.3. The first-order chi connectivity index (χ1) is 10.3. The Labute approximate surface area is 132 Å². The lowest BCUT2D eigenvalue weighted by Crippen LogP contribution is -2.48. The summed E-state index contributed by atoms with van der Waals surface area (Å²) in [4.78, 5) is 2.36. The molecule has 0 radical (unpaired) electrons. The van der Waals surface area contributed by atoms with Gasteiger partial charge in [-0.1, -0.05) is 12.5 Å². The van der Waals surface area contributed by atoms with Gasteiger partial charge in [-0.15, -0.1) is 0 Å². The quantitative estimate of drug-likeness (QED) is 0.904. The number of aryl methyl sites for hydroxylation is 1. The van der Waals surface area contributed by atoms with Crippen molar-refractivity contribution >= 4 is 10.0 Å². The summed E-state index contributed by atoms with van der Waals surface area (Å²) in [6.45, 7) is 7.22. The highest BCUT2D eigenvalue weighted by atomic mass is 32.2. The molecule has 1 saturated heterocycles. The molecule has 0 bridgehead atoms. The average Bonchev–Trinajstić information content (AvgIpc) is 2.48. The third-order valence-corrected chi connectivity index (χ3v) is 5.99. The summed E-state index contributed by atoms with van der Waals surface area (Å²) in [6, 6.07) is 4.43. The van der Waals surface area contributed by atoms with Crippen LogP contribution >= 0.6 is 0 Å². The van der Waals surface area contributed by atoms with Crippen LogP contribution in [0.25, 0.3) is 0 Å². The van der Waals surface area contributed by atoms with Crippen LogP contribution in [0.15, 0.2) is 23.1 Å². The molecule has 1 aromatic rings. The zero-order valence-electron chi connectivity index (χ0n) is 13.5. The van der Waals surface area contributed by atoms with Gasteiger partial charge >= 0.3 is 0 Å². The van der Waals surface area contributed by atoms with Crippen molar-refractivity contribution in [2.24, 2.45) is 0 Å². The van der Waals surface area contributed by atoms with Gasteiger partial charge in [-0.25, -0.2) is 17.5 Å². The van der Waals surface area contributed by atoms with Crippen LogP contribution in [0.2, 0.25) is 0 Å². The van der Waals surface area contributed by atoms with Gasteiger partial charge in [0.25, 0.3) is 0 Å². The number of piperidine rings is 1. The number of hydrogen-bond donors (Lipinski definition) is 1. The highest BCUT2D eigenvalue weighted by molar-refractivity contribution is 7.89. The van der Waals surface area contributed by atoms with Crippen LogP contribution in [0.1, 0.15) is 38.7 Å². The molecule has 1 aliphatic heterocycles. The second-order valence-electron chi connectivity index (χ2n) is 6.19. The third-order valence-electron chi connectivity index (χ3n) is 4.43. The number of nitrogens with zero attached hydrogens (tertiary/aromatic N) is 1.